The van der Waals surface area contributed by atoms with Crippen molar-refractivity contribution in [2.75, 3.05) is 13.1 Å². The molecule has 88 valence electrons. The van der Waals surface area contributed by atoms with E-state index in [1.165, 1.54) is 4.88 Å². The van der Waals surface area contributed by atoms with E-state index in [0.29, 0.717) is 6.42 Å². The second-order valence-electron chi connectivity index (χ2n) is 4.32. The fraction of sp³-hybridized carbons (Fsp3) is 0.583. The topological polar surface area (TPSA) is 46.3 Å². The summed E-state index contributed by atoms with van der Waals surface area (Å²) in [4.78, 5) is 15.1. The van der Waals surface area contributed by atoms with Gasteiger partial charge in [-0.05, 0) is 30.7 Å². The SMILES string of the molecule is NC1CCCN(C(=O)CCc2cccs2)C1. The molecule has 3 nitrogen and oxygen atoms in total. The number of carbonyl (C=O) groups is 1. The van der Waals surface area contributed by atoms with Crippen LogP contribution in [0.3, 0.4) is 0 Å². The largest absolute Gasteiger partial charge is 0.341 e. The lowest BCUT2D eigenvalue weighted by Gasteiger charge is -2.30. The number of rotatable bonds is 3. The van der Waals surface area contributed by atoms with Gasteiger partial charge in [-0.1, -0.05) is 6.07 Å². The molecule has 0 radical (unpaired) electrons. The van der Waals surface area contributed by atoms with Crippen LogP contribution in [-0.4, -0.2) is 29.9 Å². The number of likely N-dealkylation sites (tertiary alicyclic amines) is 1. The van der Waals surface area contributed by atoms with Crippen LogP contribution in [0.15, 0.2) is 17.5 Å². The van der Waals surface area contributed by atoms with Gasteiger partial charge in [-0.25, -0.2) is 0 Å². The Balaban J connectivity index is 1.79. The molecule has 1 amide bonds. The zero-order valence-electron chi connectivity index (χ0n) is 9.39. The minimum absolute atomic E-state index is 0.180. The van der Waals surface area contributed by atoms with Crippen LogP contribution >= 0.6 is 11.3 Å². The highest BCUT2D eigenvalue weighted by Crippen LogP contribution is 2.14. The summed E-state index contributed by atoms with van der Waals surface area (Å²) in [5.74, 6) is 0.253. The number of hydrogen-bond acceptors (Lipinski definition) is 3. The Morgan fingerprint density at radius 2 is 2.50 bits per heavy atom. The minimum atomic E-state index is 0.180. The van der Waals surface area contributed by atoms with E-state index < -0.39 is 0 Å². The molecule has 1 aliphatic rings. The standard InChI is InChI=1S/C12H18N2OS/c13-10-3-1-7-14(9-10)12(15)6-5-11-4-2-8-16-11/h2,4,8,10H,1,3,5-7,9,13H2. The molecule has 1 aromatic heterocycles. The molecule has 1 atom stereocenters. The maximum Gasteiger partial charge on any atom is 0.222 e. The quantitative estimate of drug-likeness (QED) is 0.870. The van der Waals surface area contributed by atoms with Crippen LogP contribution in [0.2, 0.25) is 0 Å². The Morgan fingerprint density at radius 3 is 3.19 bits per heavy atom. The predicted molar refractivity (Wildman–Crippen MR) is 66.4 cm³/mol. The fourth-order valence-corrected chi connectivity index (χ4v) is 2.79. The Kier molecular flexibility index (Phi) is 3.96. The average molecular weight is 238 g/mol. The summed E-state index contributed by atoms with van der Waals surface area (Å²) in [5.41, 5.74) is 5.86. The lowest BCUT2D eigenvalue weighted by molar-refractivity contribution is -0.132. The second kappa shape index (κ2) is 5.46. The third-order valence-corrected chi connectivity index (χ3v) is 3.91. The molecular weight excluding hydrogens is 220 g/mol. The molecule has 1 aromatic rings. The molecule has 1 saturated heterocycles. The molecule has 0 aromatic carbocycles. The normalized spacial score (nSPS) is 21.1. The van der Waals surface area contributed by atoms with Crippen molar-refractivity contribution in [1.29, 1.82) is 0 Å². The third kappa shape index (κ3) is 3.06. The van der Waals surface area contributed by atoms with Crippen LogP contribution in [0.4, 0.5) is 0 Å². The van der Waals surface area contributed by atoms with Gasteiger partial charge < -0.3 is 10.6 Å². The first-order valence-electron chi connectivity index (χ1n) is 5.81. The number of hydrogen-bond donors (Lipinski definition) is 1. The summed E-state index contributed by atoms with van der Waals surface area (Å²) in [6.45, 7) is 1.63. The molecule has 2 heterocycles. The Morgan fingerprint density at radius 1 is 1.62 bits per heavy atom. The van der Waals surface area contributed by atoms with Crippen molar-refractivity contribution in [3.05, 3.63) is 22.4 Å². The second-order valence-corrected chi connectivity index (χ2v) is 5.35. The van der Waals surface area contributed by atoms with Gasteiger partial charge in [0.15, 0.2) is 0 Å². The number of carbonyl (C=O) groups excluding carboxylic acids is 1. The third-order valence-electron chi connectivity index (χ3n) is 2.98. The maximum atomic E-state index is 11.9. The van der Waals surface area contributed by atoms with Crippen molar-refractivity contribution in [2.45, 2.75) is 31.7 Å². The summed E-state index contributed by atoms with van der Waals surface area (Å²) in [6.07, 6.45) is 3.58. The first-order valence-corrected chi connectivity index (χ1v) is 6.69. The number of amides is 1. The molecule has 2 rings (SSSR count). The lowest BCUT2D eigenvalue weighted by Crippen LogP contribution is -2.45. The summed E-state index contributed by atoms with van der Waals surface area (Å²) in [5, 5.41) is 2.05. The van der Waals surface area contributed by atoms with Crippen molar-refractivity contribution in [1.82, 2.24) is 4.90 Å². The van der Waals surface area contributed by atoms with Crippen LogP contribution in [0.25, 0.3) is 0 Å². The average Bonchev–Trinajstić information content (AvgIpc) is 2.78. The smallest absolute Gasteiger partial charge is 0.222 e. The van der Waals surface area contributed by atoms with E-state index in [1.54, 1.807) is 11.3 Å². The van der Waals surface area contributed by atoms with Crippen LogP contribution in [-0.2, 0) is 11.2 Å². The molecule has 2 N–H and O–H groups in total. The number of nitrogens with two attached hydrogens (primary N) is 1. The fourth-order valence-electron chi connectivity index (χ4n) is 2.08. The van der Waals surface area contributed by atoms with Crippen LogP contribution < -0.4 is 5.73 Å². The van der Waals surface area contributed by atoms with Crippen molar-refractivity contribution < 1.29 is 4.79 Å². The first kappa shape index (κ1) is 11.6. The van der Waals surface area contributed by atoms with E-state index in [-0.39, 0.29) is 11.9 Å². The molecule has 1 fully saturated rings. The molecule has 0 saturated carbocycles. The zero-order chi connectivity index (χ0) is 11.4. The Hall–Kier alpha value is -0.870. The van der Waals surface area contributed by atoms with Gasteiger partial charge in [-0.3, -0.25) is 4.79 Å². The molecular formula is C12H18N2OS. The number of thiophene rings is 1. The van der Waals surface area contributed by atoms with E-state index in [4.69, 9.17) is 5.73 Å². The van der Waals surface area contributed by atoms with Gasteiger partial charge in [0.05, 0.1) is 0 Å². The molecule has 16 heavy (non-hydrogen) atoms. The molecule has 0 spiro atoms. The van der Waals surface area contributed by atoms with Crippen LogP contribution in [0.1, 0.15) is 24.1 Å². The molecule has 4 heteroatoms. The first-order chi connectivity index (χ1) is 7.75. The molecule has 0 aliphatic carbocycles. The summed E-state index contributed by atoms with van der Waals surface area (Å²) in [6, 6.07) is 4.29. The zero-order valence-corrected chi connectivity index (χ0v) is 10.2. The van der Waals surface area contributed by atoms with E-state index in [1.807, 2.05) is 11.0 Å². The van der Waals surface area contributed by atoms with Crippen molar-refractivity contribution in [3.8, 4) is 0 Å². The summed E-state index contributed by atoms with van der Waals surface area (Å²) < 4.78 is 0. The number of aryl methyl sites for hydroxylation is 1. The van der Waals surface area contributed by atoms with Gasteiger partial charge >= 0.3 is 0 Å². The Bertz CT molecular complexity index is 337. The van der Waals surface area contributed by atoms with E-state index >= 15 is 0 Å². The van der Waals surface area contributed by atoms with Crippen molar-refractivity contribution in [3.63, 3.8) is 0 Å². The van der Waals surface area contributed by atoms with E-state index in [9.17, 15) is 4.79 Å². The lowest BCUT2D eigenvalue weighted by atomic mass is 10.1. The van der Waals surface area contributed by atoms with Crippen molar-refractivity contribution >= 4 is 17.2 Å². The van der Waals surface area contributed by atoms with E-state index in [0.717, 1.165) is 32.4 Å². The van der Waals surface area contributed by atoms with Crippen LogP contribution in [0.5, 0.6) is 0 Å². The van der Waals surface area contributed by atoms with Gasteiger partial charge in [-0.15, -0.1) is 11.3 Å². The van der Waals surface area contributed by atoms with Gasteiger partial charge in [0, 0.05) is 30.4 Å². The van der Waals surface area contributed by atoms with Gasteiger partial charge in [0.25, 0.3) is 0 Å². The highest BCUT2D eigenvalue weighted by atomic mass is 32.1. The monoisotopic (exact) mass is 238 g/mol. The van der Waals surface area contributed by atoms with Crippen molar-refractivity contribution in [2.24, 2.45) is 5.73 Å². The minimum Gasteiger partial charge on any atom is -0.341 e. The van der Waals surface area contributed by atoms with Gasteiger partial charge in [0.2, 0.25) is 5.91 Å². The van der Waals surface area contributed by atoms with Crippen LogP contribution in [0, 0.1) is 0 Å². The predicted octanol–water partition coefficient (Wildman–Crippen LogP) is 1.63. The van der Waals surface area contributed by atoms with Gasteiger partial charge in [-0.2, -0.15) is 0 Å². The maximum absolute atomic E-state index is 11.9. The van der Waals surface area contributed by atoms with Gasteiger partial charge in [0.1, 0.15) is 0 Å². The molecule has 1 unspecified atom stereocenters. The number of piperidine rings is 1. The summed E-state index contributed by atoms with van der Waals surface area (Å²) >= 11 is 1.72. The molecule has 0 bridgehead atoms. The highest BCUT2D eigenvalue weighted by Gasteiger charge is 2.20. The number of nitrogens with zero attached hydrogens (tertiary/aromatic N) is 1. The molecule has 1 aliphatic heterocycles. The summed E-state index contributed by atoms with van der Waals surface area (Å²) in [7, 11) is 0. The Labute approximate surface area is 100 Å². The van der Waals surface area contributed by atoms with E-state index in [2.05, 4.69) is 11.4 Å². The highest BCUT2D eigenvalue weighted by molar-refractivity contribution is 7.09.